The third-order valence-corrected chi connectivity index (χ3v) is 4.48. The van der Waals surface area contributed by atoms with Crippen LogP contribution in [-0.2, 0) is 0 Å². The van der Waals surface area contributed by atoms with Gasteiger partial charge in [0, 0.05) is 18.1 Å². The number of nitrogens with one attached hydrogen (secondary N) is 1. The maximum atomic E-state index is 3.64. The summed E-state index contributed by atoms with van der Waals surface area (Å²) >= 11 is 0. The Bertz CT molecular complexity index is 228. The van der Waals surface area contributed by atoms with Gasteiger partial charge >= 0.3 is 0 Å². The van der Waals surface area contributed by atoms with Crippen LogP contribution in [0.25, 0.3) is 0 Å². The molecular formula is C16H34N2. The molecule has 1 aliphatic rings. The number of hydrogen-bond acceptors (Lipinski definition) is 2. The molecule has 0 radical (unpaired) electrons. The van der Waals surface area contributed by atoms with E-state index in [1.807, 2.05) is 0 Å². The van der Waals surface area contributed by atoms with E-state index in [2.05, 4.69) is 51.8 Å². The summed E-state index contributed by atoms with van der Waals surface area (Å²) < 4.78 is 0. The minimum absolute atomic E-state index is 0.235. The lowest BCUT2D eigenvalue weighted by atomic mass is 9.84. The Balaban J connectivity index is 2.36. The standard InChI is InChI=1S/C16H34N2/c1-7-18(12-15-9-8-10-15)14(3)13(2)11-17-16(4,5)6/h13-15,17H,7-12H2,1-6H3. The predicted octanol–water partition coefficient (Wildman–Crippen LogP) is 3.52. The zero-order chi connectivity index (χ0) is 13.8. The van der Waals surface area contributed by atoms with Gasteiger partial charge in [-0.25, -0.2) is 0 Å². The zero-order valence-corrected chi connectivity index (χ0v) is 13.4. The van der Waals surface area contributed by atoms with Crippen LogP contribution in [0.2, 0.25) is 0 Å². The maximum absolute atomic E-state index is 3.64. The van der Waals surface area contributed by atoms with Crippen molar-refractivity contribution in [3.8, 4) is 0 Å². The number of rotatable bonds is 7. The highest BCUT2D eigenvalue weighted by atomic mass is 15.2. The molecule has 0 heterocycles. The molecule has 2 nitrogen and oxygen atoms in total. The van der Waals surface area contributed by atoms with Crippen LogP contribution in [0.3, 0.4) is 0 Å². The van der Waals surface area contributed by atoms with Crippen LogP contribution in [0.5, 0.6) is 0 Å². The molecule has 0 bridgehead atoms. The van der Waals surface area contributed by atoms with Gasteiger partial charge in [-0.2, -0.15) is 0 Å². The van der Waals surface area contributed by atoms with Gasteiger partial charge < -0.3 is 10.2 Å². The minimum atomic E-state index is 0.235. The van der Waals surface area contributed by atoms with E-state index in [0.29, 0.717) is 12.0 Å². The molecule has 0 amide bonds. The van der Waals surface area contributed by atoms with E-state index in [-0.39, 0.29) is 5.54 Å². The quantitative estimate of drug-likeness (QED) is 0.748. The molecule has 18 heavy (non-hydrogen) atoms. The topological polar surface area (TPSA) is 15.3 Å². The van der Waals surface area contributed by atoms with Gasteiger partial charge in [0.1, 0.15) is 0 Å². The van der Waals surface area contributed by atoms with Crippen LogP contribution in [0.1, 0.15) is 60.8 Å². The molecular weight excluding hydrogens is 220 g/mol. The highest BCUT2D eigenvalue weighted by molar-refractivity contribution is 4.81. The Morgan fingerprint density at radius 3 is 2.22 bits per heavy atom. The summed E-state index contributed by atoms with van der Waals surface area (Å²) in [7, 11) is 0. The summed E-state index contributed by atoms with van der Waals surface area (Å²) in [5.74, 6) is 1.69. The Morgan fingerprint density at radius 2 is 1.83 bits per heavy atom. The van der Waals surface area contributed by atoms with Crippen LogP contribution in [0.4, 0.5) is 0 Å². The van der Waals surface area contributed by atoms with E-state index in [4.69, 9.17) is 0 Å². The summed E-state index contributed by atoms with van der Waals surface area (Å²) in [6.07, 6.45) is 4.37. The summed E-state index contributed by atoms with van der Waals surface area (Å²) in [4.78, 5) is 2.68. The van der Waals surface area contributed by atoms with Crippen molar-refractivity contribution in [2.45, 2.75) is 72.4 Å². The van der Waals surface area contributed by atoms with Crippen molar-refractivity contribution in [1.29, 1.82) is 0 Å². The largest absolute Gasteiger partial charge is 0.312 e. The van der Waals surface area contributed by atoms with Crippen LogP contribution < -0.4 is 5.32 Å². The number of nitrogens with zero attached hydrogens (tertiary/aromatic N) is 1. The molecule has 0 aromatic heterocycles. The van der Waals surface area contributed by atoms with Crippen LogP contribution in [0, 0.1) is 11.8 Å². The van der Waals surface area contributed by atoms with Crippen molar-refractivity contribution in [1.82, 2.24) is 10.2 Å². The van der Waals surface area contributed by atoms with Gasteiger partial charge in [-0.15, -0.1) is 0 Å². The lowest BCUT2D eigenvalue weighted by Crippen LogP contribution is -2.47. The van der Waals surface area contributed by atoms with Gasteiger partial charge in [-0.05, 0) is 65.5 Å². The first-order valence-electron chi connectivity index (χ1n) is 7.82. The monoisotopic (exact) mass is 254 g/mol. The normalized spacial score (nSPS) is 20.8. The average molecular weight is 254 g/mol. The van der Waals surface area contributed by atoms with E-state index in [9.17, 15) is 0 Å². The molecule has 0 saturated heterocycles. The molecule has 1 aliphatic carbocycles. The second kappa shape index (κ2) is 6.91. The van der Waals surface area contributed by atoms with Gasteiger partial charge in [0.2, 0.25) is 0 Å². The molecule has 0 aromatic rings. The Morgan fingerprint density at radius 1 is 1.22 bits per heavy atom. The molecule has 2 heteroatoms. The molecule has 0 aromatic carbocycles. The molecule has 1 saturated carbocycles. The fourth-order valence-electron chi connectivity index (χ4n) is 2.59. The third-order valence-electron chi connectivity index (χ3n) is 4.48. The first-order valence-corrected chi connectivity index (χ1v) is 7.82. The summed E-state index contributed by atoms with van der Waals surface area (Å²) in [6, 6.07) is 0.686. The van der Waals surface area contributed by atoms with E-state index < -0.39 is 0 Å². The van der Waals surface area contributed by atoms with Gasteiger partial charge in [0.25, 0.3) is 0 Å². The molecule has 2 unspecified atom stereocenters. The van der Waals surface area contributed by atoms with E-state index in [0.717, 1.165) is 12.5 Å². The average Bonchev–Trinajstić information content (AvgIpc) is 2.23. The fourth-order valence-corrected chi connectivity index (χ4v) is 2.59. The van der Waals surface area contributed by atoms with Crippen molar-refractivity contribution in [2.75, 3.05) is 19.6 Å². The third kappa shape index (κ3) is 5.27. The Kier molecular flexibility index (Phi) is 6.13. The lowest BCUT2D eigenvalue weighted by Gasteiger charge is -2.38. The highest BCUT2D eigenvalue weighted by Gasteiger charge is 2.25. The summed E-state index contributed by atoms with van der Waals surface area (Å²) in [5.41, 5.74) is 0.235. The van der Waals surface area contributed by atoms with Gasteiger partial charge in [-0.3, -0.25) is 0 Å². The van der Waals surface area contributed by atoms with Gasteiger partial charge in [0.15, 0.2) is 0 Å². The molecule has 0 spiro atoms. The predicted molar refractivity (Wildman–Crippen MR) is 81.0 cm³/mol. The van der Waals surface area contributed by atoms with Crippen molar-refractivity contribution in [3.63, 3.8) is 0 Å². The van der Waals surface area contributed by atoms with E-state index >= 15 is 0 Å². The molecule has 108 valence electrons. The summed E-state index contributed by atoms with van der Waals surface area (Å²) in [6.45, 7) is 17.5. The molecule has 2 atom stereocenters. The van der Waals surface area contributed by atoms with Gasteiger partial charge in [0.05, 0.1) is 0 Å². The lowest BCUT2D eigenvalue weighted by molar-refractivity contribution is 0.113. The Hall–Kier alpha value is -0.0800. The number of hydrogen-bond donors (Lipinski definition) is 1. The summed E-state index contributed by atoms with van der Waals surface area (Å²) in [5, 5.41) is 3.64. The van der Waals surface area contributed by atoms with Crippen LogP contribution >= 0.6 is 0 Å². The Labute approximate surface area is 115 Å². The van der Waals surface area contributed by atoms with Crippen LogP contribution in [0.15, 0.2) is 0 Å². The molecule has 1 rings (SSSR count). The van der Waals surface area contributed by atoms with Crippen molar-refractivity contribution >= 4 is 0 Å². The van der Waals surface area contributed by atoms with E-state index in [1.165, 1.54) is 32.4 Å². The maximum Gasteiger partial charge on any atom is 0.0105 e. The van der Waals surface area contributed by atoms with E-state index in [1.54, 1.807) is 0 Å². The zero-order valence-electron chi connectivity index (χ0n) is 13.4. The second-order valence-electron chi connectivity index (χ2n) is 7.23. The minimum Gasteiger partial charge on any atom is -0.312 e. The van der Waals surface area contributed by atoms with Crippen LogP contribution in [-0.4, -0.2) is 36.1 Å². The first-order chi connectivity index (χ1) is 8.33. The second-order valence-corrected chi connectivity index (χ2v) is 7.23. The van der Waals surface area contributed by atoms with Gasteiger partial charge in [-0.1, -0.05) is 20.3 Å². The first kappa shape index (κ1) is 16.0. The smallest absolute Gasteiger partial charge is 0.0105 e. The van der Waals surface area contributed by atoms with Crippen molar-refractivity contribution < 1.29 is 0 Å². The molecule has 1 fully saturated rings. The SMILES string of the molecule is CCN(CC1CCC1)C(C)C(C)CNC(C)(C)C. The highest BCUT2D eigenvalue weighted by Crippen LogP contribution is 2.28. The van der Waals surface area contributed by atoms with Crippen molar-refractivity contribution in [3.05, 3.63) is 0 Å². The molecule has 1 N–H and O–H groups in total. The molecule has 0 aliphatic heterocycles. The van der Waals surface area contributed by atoms with Crippen molar-refractivity contribution in [2.24, 2.45) is 11.8 Å². The fraction of sp³-hybridized carbons (Fsp3) is 1.00.